The molecule has 3 amide bonds. The average Bonchev–Trinajstić information content (AvgIpc) is 2.57. The van der Waals surface area contributed by atoms with Crippen LogP contribution in [0, 0.1) is 5.92 Å². The zero-order chi connectivity index (χ0) is 17.3. The number of hydrogen-bond acceptors (Lipinski definition) is 5. The van der Waals surface area contributed by atoms with Crippen LogP contribution >= 0.6 is 11.6 Å². The van der Waals surface area contributed by atoms with E-state index in [0.717, 1.165) is 36.9 Å². The average molecular weight is 352 g/mol. The van der Waals surface area contributed by atoms with E-state index >= 15 is 0 Å². The number of piperazine rings is 1. The topological polar surface area (TPSA) is 81.9 Å². The van der Waals surface area contributed by atoms with Crippen molar-refractivity contribution in [2.45, 2.75) is 6.17 Å². The first-order chi connectivity index (χ1) is 11.5. The van der Waals surface area contributed by atoms with Crippen LogP contribution in [0.1, 0.15) is 0 Å². The summed E-state index contributed by atoms with van der Waals surface area (Å²) in [6.45, 7) is 3.94. The summed E-state index contributed by atoms with van der Waals surface area (Å²) in [6.07, 6.45) is -0.586. The van der Waals surface area contributed by atoms with E-state index in [2.05, 4.69) is 15.1 Å². The quantitative estimate of drug-likeness (QED) is 0.831. The van der Waals surface area contributed by atoms with E-state index in [1.165, 1.54) is 4.90 Å². The van der Waals surface area contributed by atoms with Gasteiger partial charge < -0.3 is 15.5 Å². The zero-order valence-electron chi connectivity index (χ0n) is 13.6. The summed E-state index contributed by atoms with van der Waals surface area (Å²) in [5.74, 6) is -0.701. The Labute approximate surface area is 146 Å². The Morgan fingerprint density at radius 1 is 1.25 bits per heavy atom. The normalized spacial score (nSPS) is 25.8. The van der Waals surface area contributed by atoms with Crippen LogP contribution in [0.3, 0.4) is 0 Å². The molecule has 2 heterocycles. The van der Waals surface area contributed by atoms with Gasteiger partial charge in [0, 0.05) is 50.5 Å². The van der Waals surface area contributed by atoms with Crippen molar-refractivity contribution in [1.82, 2.24) is 15.1 Å². The molecule has 2 aliphatic rings. The molecular formula is C16H22ClN5O2. The van der Waals surface area contributed by atoms with E-state index in [0.29, 0.717) is 6.54 Å². The predicted octanol–water partition coefficient (Wildman–Crippen LogP) is 0.545. The van der Waals surface area contributed by atoms with Crippen LogP contribution in [-0.4, -0.2) is 67.7 Å². The minimum atomic E-state index is -0.586. The summed E-state index contributed by atoms with van der Waals surface area (Å²) in [5.41, 5.74) is 7.16. The largest absolute Gasteiger partial charge is 0.369 e. The van der Waals surface area contributed by atoms with E-state index in [1.54, 1.807) is 7.05 Å². The third-order valence-electron chi connectivity index (χ3n) is 4.75. The third-order valence-corrected chi connectivity index (χ3v) is 4.98. The van der Waals surface area contributed by atoms with Crippen LogP contribution in [0.5, 0.6) is 0 Å². The fourth-order valence-electron chi connectivity index (χ4n) is 3.18. The van der Waals surface area contributed by atoms with E-state index in [4.69, 9.17) is 17.3 Å². The van der Waals surface area contributed by atoms with Crippen molar-refractivity contribution in [3.8, 4) is 0 Å². The maximum absolute atomic E-state index is 12.1. The lowest BCUT2D eigenvalue weighted by molar-refractivity contribution is -0.128. The Hall–Kier alpha value is -1.83. The molecule has 0 saturated carbocycles. The summed E-state index contributed by atoms with van der Waals surface area (Å²) in [7, 11) is 1.61. The highest BCUT2D eigenvalue weighted by atomic mass is 35.5. The molecule has 3 rings (SSSR count). The molecule has 7 nitrogen and oxygen atoms in total. The second-order valence-corrected chi connectivity index (χ2v) is 6.71. The van der Waals surface area contributed by atoms with E-state index in [-0.39, 0.29) is 5.91 Å². The van der Waals surface area contributed by atoms with Gasteiger partial charge in [0.05, 0.1) is 12.1 Å². The van der Waals surface area contributed by atoms with Crippen molar-refractivity contribution in [2.75, 3.05) is 44.7 Å². The Morgan fingerprint density at radius 3 is 2.62 bits per heavy atom. The van der Waals surface area contributed by atoms with E-state index in [1.807, 2.05) is 24.3 Å². The second-order valence-electron chi connectivity index (χ2n) is 6.27. The number of carbonyl (C=O) groups excluding carboxylic acids is 2. The van der Waals surface area contributed by atoms with Crippen molar-refractivity contribution in [3.05, 3.63) is 29.3 Å². The molecule has 3 N–H and O–H groups in total. The number of nitrogens with one attached hydrogen (secondary N) is 1. The molecule has 2 saturated heterocycles. The predicted molar refractivity (Wildman–Crippen MR) is 92.9 cm³/mol. The summed E-state index contributed by atoms with van der Waals surface area (Å²) < 4.78 is 0. The fraction of sp³-hybridized carbons (Fsp3) is 0.500. The molecule has 2 fully saturated rings. The van der Waals surface area contributed by atoms with Gasteiger partial charge in [-0.25, -0.2) is 4.79 Å². The molecule has 24 heavy (non-hydrogen) atoms. The number of hydrogen-bond donors (Lipinski definition) is 2. The van der Waals surface area contributed by atoms with Gasteiger partial charge in [-0.2, -0.15) is 0 Å². The molecular weight excluding hydrogens is 330 g/mol. The van der Waals surface area contributed by atoms with Gasteiger partial charge in [-0.1, -0.05) is 17.7 Å². The molecule has 0 aliphatic carbocycles. The number of benzene rings is 1. The van der Waals surface area contributed by atoms with Crippen LogP contribution in [0.4, 0.5) is 10.5 Å². The summed E-state index contributed by atoms with van der Waals surface area (Å²) in [6, 6.07) is 7.38. The lowest BCUT2D eigenvalue weighted by Crippen LogP contribution is -2.64. The highest BCUT2D eigenvalue weighted by Crippen LogP contribution is 2.21. The van der Waals surface area contributed by atoms with Crippen LogP contribution in [0.25, 0.3) is 0 Å². The third kappa shape index (κ3) is 3.48. The maximum atomic E-state index is 12.1. The molecule has 0 bridgehead atoms. The SMILES string of the molecule is CN1C(=O)NC(=O)C(CN2CCN(c3cccc(Cl)c3)CC2)C1N. The Balaban J connectivity index is 1.57. The van der Waals surface area contributed by atoms with Gasteiger partial charge in [0.1, 0.15) is 0 Å². The van der Waals surface area contributed by atoms with Crippen LogP contribution in [-0.2, 0) is 4.79 Å². The van der Waals surface area contributed by atoms with Crippen molar-refractivity contribution < 1.29 is 9.59 Å². The van der Waals surface area contributed by atoms with Gasteiger partial charge in [-0.3, -0.25) is 15.0 Å². The number of carbonyl (C=O) groups is 2. The number of rotatable bonds is 3. The molecule has 1 aromatic carbocycles. The number of anilines is 1. The molecule has 2 unspecified atom stereocenters. The van der Waals surface area contributed by atoms with Crippen molar-refractivity contribution >= 4 is 29.2 Å². The molecule has 2 atom stereocenters. The number of amides is 3. The highest BCUT2D eigenvalue weighted by molar-refractivity contribution is 6.30. The first kappa shape index (κ1) is 17.0. The van der Waals surface area contributed by atoms with Crippen molar-refractivity contribution in [2.24, 2.45) is 11.7 Å². The van der Waals surface area contributed by atoms with E-state index in [9.17, 15) is 9.59 Å². The Morgan fingerprint density at radius 2 is 1.96 bits per heavy atom. The van der Waals surface area contributed by atoms with Crippen LogP contribution in [0.2, 0.25) is 5.02 Å². The minimum absolute atomic E-state index is 0.289. The van der Waals surface area contributed by atoms with Gasteiger partial charge in [0.15, 0.2) is 0 Å². The summed E-state index contributed by atoms with van der Waals surface area (Å²) in [5, 5.41) is 3.09. The minimum Gasteiger partial charge on any atom is -0.369 e. The molecule has 0 aromatic heterocycles. The molecule has 130 valence electrons. The second kappa shape index (κ2) is 6.96. The van der Waals surface area contributed by atoms with Crippen molar-refractivity contribution in [3.63, 3.8) is 0 Å². The lowest BCUT2D eigenvalue weighted by atomic mass is 10.0. The standard InChI is InChI=1S/C16H22ClN5O2/c1-20-14(18)13(15(23)19-16(20)24)10-21-5-7-22(8-6-21)12-4-2-3-11(17)9-12/h2-4,9,13-14H,5-8,10,18H2,1H3,(H,19,23,24). The Bertz CT molecular complexity index is 633. The maximum Gasteiger partial charge on any atom is 0.325 e. The lowest BCUT2D eigenvalue weighted by Gasteiger charge is -2.41. The number of nitrogens with zero attached hydrogens (tertiary/aromatic N) is 3. The molecule has 1 aromatic rings. The summed E-state index contributed by atoms with van der Waals surface area (Å²) >= 11 is 6.05. The van der Waals surface area contributed by atoms with Crippen molar-refractivity contribution in [1.29, 1.82) is 0 Å². The van der Waals surface area contributed by atoms with Gasteiger partial charge in [-0.05, 0) is 18.2 Å². The number of imide groups is 1. The summed E-state index contributed by atoms with van der Waals surface area (Å²) in [4.78, 5) is 29.5. The first-order valence-corrected chi connectivity index (χ1v) is 8.39. The first-order valence-electron chi connectivity index (χ1n) is 8.02. The Kier molecular flexibility index (Phi) is 4.93. The van der Waals surface area contributed by atoms with Gasteiger partial charge in [0.2, 0.25) is 5.91 Å². The molecule has 2 aliphatic heterocycles. The number of urea groups is 1. The van der Waals surface area contributed by atoms with Gasteiger partial charge in [-0.15, -0.1) is 0 Å². The monoisotopic (exact) mass is 351 g/mol. The fourth-order valence-corrected chi connectivity index (χ4v) is 3.36. The molecule has 0 spiro atoms. The van der Waals surface area contributed by atoms with Crippen LogP contribution < -0.4 is 16.0 Å². The highest BCUT2D eigenvalue weighted by Gasteiger charge is 2.38. The van der Waals surface area contributed by atoms with E-state index < -0.39 is 18.1 Å². The number of nitrogens with two attached hydrogens (primary N) is 1. The van der Waals surface area contributed by atoms with Gasteiger partial charge >= 0.3 is 6.03 Å². The molecule has 0 radical (unpaired) electrons. The zero-order valence-corrected chi connectivity index (χ0v) is 14.4. The number of halogens is 1. The van der Waals surface area contributed by atoms with Gasteiger partial charge in [0.25, 0.3) is 0 Å². The van der Waals surface area contributed by atoms with Crippen LogP contribution in [0.15, 0.2) is 24.3 Å². The molecule has 8 heteroatoms. The smallest absolute Gasteiger partial charge is 0.325 e.